The number of nitrogens with zero attached hydrogens (tertiary/aromatic N) is 1. The number of hydrogen-bond acceptors (Lipinski definition) is 4. The summed E-state index contributed by atoms with van der Waals surface area (Å²) in [5.74, 6) is 1.69. The van der Waals surface area contributed by atoms with Crippen molar-refractivity contribution in [3.05, 3.63) is 48.5 Å². The van der Waals surface area contributed by atoms with Crippen LogP contribution in [0.5, 0.6) is 17.2 Å². The normalized spacial score (nSPS) is 10.6. The smallest absolute Gasteiger partial charge is 0.127 e. The lowest BCUT2D eigenvalue weighted by Crippen LogP contribution is -1.89. The molecule has 0 atom stereocenters. The third-order valence-electron chi connectivity index (χ3n) is 3.38. The number of hydrogen-bond donors (Lipinski definition) is 1. The van der Waals surface area contributed by atoms with Crippen LogP contribution < -0.4 is 9.47 Å². The summed E-state index contributed by atoms with van der Waals surface area (Å²) in [6, 6.07) is 14.6. The molecular weight excluding hydrogens is 266 g/mol. The quantitative estimate of drug-likeness (QED) is 0.796. The molecule has 2 aromatic carbocycles. The van der Waals surface area contributed by atoms with E-state index in [0.29, 0.717) is 22.3 Å². The predicted molar refractivity (Wildman–Crippen MR) is 81.9 cm³/mol. The summed E-state index contributed by atoms with van der Waals surface area (Å²) in [7, 11) is 3.23. The summed E-state index contributed by atoms with van der Waals surface area (Å²) in [5, 5.41) is 10.9. The van der Waals surface area contributed by atoms with Gasteiger partial charge in [-0.25, -0.2) is 4.98 Å². The fourth-order valence-corrected chi connectivity index (χ4v) is 2.23. The first-order valence-electron chi connectivity index (χ1n) is 6.53. The number of methoxy groups -OCH3 is 2. The second-order valence-electron chi connectivity index (χ2n) is 4.64. The first-order valence-corrected chi connectivity index (χ1v) is 6.53. The molecule has 4 nitrogen and oxygen atoms in total. The molecule has 1 N–H and O–H groups in total. The van der Waals surface area contributed by atoms with Crippen molar-refractivity contribution in [1.82, 2.24) is 4.98 Å². The molecule has 106 valence electrons. The number of benzene rings is 2. The van der Waals surface area contributed by atoms with E-state index in [0.717, 1.165) is 11.3 Å². The van der Waals surface area contributed by atoms with Gasteiger partial charge in [0.15, 0.2) is 0 Å². The van der Waals surface area contributed by atoms with E-state index in [1.165, 1.54) is 0 Å². The number of rotatable bonds is 3. The lowest BCUT2D eigenvalue weighted by atomic mass is 10.1. The third-order valence-corrected chi connectivity index (χ3v) is 3.38. The molecule has 3 aromatic rings. The summed E-state index contributed by atoms with van der Waals surface area (Å²) in [4.78, 5) is 4.59. The summed E-state index contributed by atoms with van der Waals surface area (Å²) < 4.78 is 10.3. The van der Waals surface area contributed by atoms with E-state index in [2.05, 4.69) is 4.98 Å². The van der Waals surface area contributed by atoms with Gasteiger partial charge in [-0.05, 0) is 36.4 Å². The Morgan fingerprint density at radius 3 is 2.19 bits per heavy atom. The fourth-order valence-electron chi connectivity index (χ4n) is 2.23. The maximum atomic E-state index is 10.2. The summed E-state index contributed by atoms with van der Waals surface area (Å²) in [6.45, 7) is 0. The third kappa shape index (κ3) is 2.48. The Bertz CT molecular complexity index is 782. The molecule has 0 amide bonds. The number of aromatic nitrogens is 1. The minimum absolute atomic E-state index is 0.202. The molecule has 0 bridgehead atoms. The van der Waals surface area contributed by atoms with Gasteiger partial charge >= 0.3 is 0 Å². The Balaban J connectivity index is 2.13. The average molecular weight is 281 g/mol. The highest BCUT2D eigenvalue weighted by molar-refractivity contribution is 5.88. The van der Waals surface area contributed by atoms with Crippen molar-refractivity contribution < 1.29 is 14.6 Å². The van der Waals surface area contributed by atoms with Crippen molar-refractivity contribution >= 4 is 10.9 Å². The van der Waals surface area contributed by atoms with Gasteiger partial charge in [0.25, 0.3) is 0 Å². The molecule has 4 heteroatoms. The van der Waals surface area contributed by atoms with E-state index >= 15 is 0 Å². The molecule has 1 aromatic heterocycles. The highest BCUT2D eigenvalue weighted by atomic mass is 16.5. The van der Waals surface area contributed by atoms with Gasteiger partial charge in [-0.1, -0.05) is 0 Å². The zero-order chi connectivity index (χ0) is 14.8. The summed E-state index contributed by atoms with van der Waals surface area (Å²) in [6.07, 6.45) is 0. The Morgan fingerprint density at radius 2 is 1.52 bits per heavy atom. The molecule has 0 aliphatic carbocycles. The van der Waals surface area contributed by atoms with Crippen LogP contribution in [-0.4, -0.2) is 24.3 Å². The van der Waals surface area contributed by atoms with Gasteiger partial charge in [-0.2, -0.15) is 0 Å². The predicted octanol–water partition coefficient (Wildman–Crippen LogP) is 3.62. The van der Waals surface area contributed by atoms with Gasteiger partial charge in [0.2, 0.25) is 0 Å². The van der Waals surface area contributed by atoms with Crippen LogP contribution in [0, 0.1) is 0 Å². The largest absolute Gasteiger partial charge is 0.507 e. The first-order chi connectivity index (χ1) is 10.2. The lowest BCUT2D eigenvalue weighted by molar-refractivity contribution is 0.415. The lowest BCUT2D eigenvalue weighted by Gasteiger charge is -2.08. The van der Waals surface area contributed by atoms with Crippen molar-refractivity contribution in [2.75, 3.05) is 14.2 Å². The number of pyridine rings is 1. The average Bonchev–Trinajstić information content (AvgIpc) is 2.54. The van der Waals surface area contributed by atoms with E-state index in [4.69, 9.17) is 9.47 Å². The van der Waals surface area contributed by atoms with Crippen molar-refractivity contribution in [3.63, 3.8) is 0 Å². The van der Waals surface area contributed by atoms with Crippen molar-refractivity contribution in [1.29, 1.82) is 0 Å². The fraction of sp³-hybridized carbons (Fsp3) is 0.118. The van der Waals surface area contributed by atoms with Crippen LogP contribution in [0.15, 0.2) is 48.5 Å². The van der Waals surface area contributed by atoms with Crippen LogP contribution in [0.1, 0.15) is 0 Å². The van der Waals surface area contributed by atoms with Crippen LogP contribution in [-0.2, 0) is 0 Å². The van der Waals surface area contributed by atoms with E-state index in [1.54, 1.807) is 32.4 Å². The Labute approximate surface area is 122 Å². The molecule has 1 heterocycles. The summed E-state index contributed by atoms with van der Waals surface area (Å²) >= 11 is 0. The van der Waals surface area contributed by atoms with Crippen LogP contribution in [0.2, 0.25) is 0 Å². The zero-order valence-corrected chi connectivity index (χ0v) is 11.8. The Hall–Kier alpha value is -2.75. The molecule has 0 saturated heterocycles. The van der Waals surface area contributed by atoms with Gasteiger partial charge in [0, 0.05) is 23.1 Å². The highest BCUT2D eigenvalue weighted by Crippen LogP contribution is 2.31. The van der Waals surface area contributed by atoms with Crippen LogP contribution in [0.25, 0.3) is 22.2 Å². The molecule has 0 aliphatic rings. The molecule has 3 rings (SSSR count). The molecular formula is C17H15NO3. The van der Waals surface area contributed by atoms with Gasteiger partial charge in [-0.3, -0.25) is 0 Å². The molecule has 0 aliphatic heterocycles. The Kier molecular flexibility index (Phi) is 3.36. The van der Waals surface area contributed by atoms with Crippen molar-refractivity contribution in [2.24, 2.45) is 0 Å². The molecule has 0 saturated carbocycles. The monoisotopic (exact) mass is 281 g/mol. The van der Waals surface area contributed by atoms with Crippen molar-refractivity contribution in [2.45, 2.75) is 0 Å². The van der Waals surface area contributed by atoms with E-state index in [-0.39, 0.29) is 5.75 Å². The molecule has 0 radical (unpaired) electrons. The molecule has 21 heavy (non-hydrogen) atoms. The number of ether oxygens (including phenoxy) is 2. The van der Waals surface area contributed by atoms with E-state index in [9.17, 15) is 5.11 Å². The van der Waals surface area contributed by atoms with Gasteiger partial charge in [-0.15, -0.1) is 0 Å². The maximum absolute atomic E-state index is 10.2. The van der Waals surface area contributed by atoms with Crippen LogP contribution >= 0.6 is 0 Å². The second-order valence-corrected chi connectivity index (χ2v) is 4.64. The van der Waals surface area contributed by atoms with Gasteiger partial charge < -0.3 is 14.6 Å². The topological polar surface area (TPSA) is 51.6 Å². The standard InChI is InChI=1S/C17H15NO3/c1-20-12-5-3-11(4-6-12)15-10-17(19)14-8-7-13(21-2)9-16(14)18-15/h3-10H,1-2H3,(H,18,19). The second kappa shape index (κ2) is 5.32. The highest BCUT2D eigenvalue weighted by Gasteiger charge is 2.08. The number of fused-ring (bicyclic) bond motifs is 1. The Morgan fingerprint density at radius 1 is 0.857 bits per heavy atom. The van der Waals surface area contributed by atoms with Gasteiger partial charge in [0.05, 0.1) is 25.4 Å². The molecule has 0 unspecified atom stereocenters. The van der Waals surface area contributed by atoms with Crippen LogP contribution in [0.4, 0.5) is 0 Å². The first kappa shape index (κ1) is 13.2. The molecule has 0 fully saturated rings. The number of aromatic hydroxyl groups is 1. The van der Waals surface area contributed by atoms with Crippen molar-refractivity contribution in [3.8, 4) is 28.5 Å². The minimum Gasteiger partial charge on any atom is -0.507 e. The van der Waals surface area contributed by atoms with E-state index in [1.807, 2.05) is 30.3 Å². The SMILES string of the molecule is COc1ccc(-c2cc(O)c3ccc(OC)cc3n2)cc1. The maximum Gasteiger partial charge on any atom is 0.127 e. The molecule has 0 spiro atoms. The van der Waals surface area contributed by atoms with Gasteiger partial charge in [0.1, 0.15) is 17.2 Å². The zero-order valence-electron chi connectivity index (χ0n) is 11.8. The van der Waals surface area contributed by atoms with E-state index < -0.39 is 0 Å². The van der Waals surface area contributed by atoms with Crippen LogP contribution in [0.3, 0.4) is 0 Å². The minimum atomic E-state index is 0.202. The summed E-state index contributed by atoms with van der Waals surface area (Å²) in [5.41, 5.74) is 2.31.